The van der Waals surface area contributed by atoms with Crippen LogP contribution in [0.2, 0.25) is 0 Å². The quantitative estimate of drug-likeness (QED) is 0.705. The molecule has 4 nitrogen and oxygen atoms in total. The van der Waals surface area contributed by atoms with E-state index in [1.807, 2.05) is 5.38 Å². The van der Waals surface area contributed by atoms with E-state index in [4.69, 9.17) is 14.2 Å². The summed E-state index contributed by atoms with van der Waals surface area (Å²) in [6.07, 6.45) is 1.40. The minimum absolute atomic E-state index is 0.283. The van der Waals surface area contributed by atoms with Crippen molar-refractivity contribution in [3.63, 3.8) is 0 Å². The van der Waals surface area contributed by atoms with Gasteiger partial charge >= 0.3 is 0 Å². The van der Waals surface area contributed by atoms with Crippen molar-refractivity contribution in [2.24, 2.45) is 0 Å². The van der Waals surface area contributed by atoms with E-state index >= 15 is 0 Å². The molecule has 0 fully saturated rings. The molecule has 0 saturated carbocycles. The van der Waals surface area contributed by atoms with Crippen LogP contribution in [-0.2, 0) is 19.8 Å². The van der Waals surface area contributed by atoms with Crippen molar-refractivity contribution < 1.29 is 14.2 Å². The van der Waals surface area contributed by atoms with Gasteiger partial charge in [0.25, 0.3) is 0 Å². The van der Waals surface area contributed by atoms with Crippen molar-refractivity contribution >= 4 is 11.3 Å². The van der Waals surface area contributed by atoms with Crippen LogP contribution in [0.4, 0.5) is 0 Å². The highest BCUT2D eigenvalue weighted by molar-refractivity contribution is 7.09. The predicted molar refractivity (Wildman–Crippen MR) is 68.1 cm³/mol. The average molecular weight is 259 g/mol. The number of ether oxygens (including phenoxy) is 3. The van der Waals surface area contributed by atoms with E-state index in [2.05, 4.69) is 18.8 Å². The van der Waals surface area contributed by atoms with E-state index in [1.54, 1.807) is 32.7 Å². The fourth-order valence-corrected chi connectivity index (χ4v) is 3.01. The number of hydrogen-bond donors (Lipinski definition) is 0. The van der Waals surface area contributed by atoms with Gasteiger partial charge in [0.1, 0.15) is 16.3 Å². The van der Waals surface area contributed by atoms with Crippen molar-refractivity contribution in [2.45, 2.75) is 38.6 Å². The third kappa shape index (κ3) is 2.85. The van der Waals surface area contributed by atoms with Gasteiger partial charge in [-0.2, -0.15) is 0 Å². The van der Waals surface area contributed by atoms with Gasteiger partial charge < -0.3 is 14.2 Å². The molecule has 0 N–H and O–H groups in total. The van der Waals surface area contributed by atoms with Crippen LogP contribution in [0.1, 0.15) is 43.7 Å². The van der Waals surface area contributed by atoms with Crippen LogP contribution < -0.4 is 0 Å². The SMILES string of the molecule is CCC(CC)(OC)c1nc(C(OC)OC)cs1. The second kappa shape index (κ2) is 6.44. The molecule has 0 spiro atoms. The Labute approximate surface area is 107 Å². The highest BCUT2D eigenvalue weighted by Crippen LogP contribution is 2.35. The zero-order valence-electron chi connectivity index (χ0n) is 11.1. The Hall–Kier alpha value is -0.490. The molecule has 5 heteroatoms. The van der Waals surface area contributed by atoms with Crippen LogP contribution in [-0.4, -0.2) is 26.3 Å². The van der Waals surface area contributed by atoms with Crippen molar-refractivity contribution in [3.8, 4) is 0 Å². The van der Waals surface area contributed by atoms with Gasteiger partial charge in [0.05, 0.1) is 0 Å². The third-order valence-electron chi connectivity index (χ3n) is 3.11. The number of rotatable bonds is 7. The van der Waals surface area contributed by atoms with Crippen molar-refractivity contribution in [2.75, 3.05) is 21.3 Å². The van der Waals surface area contributed by atoms with Gasteiger partial charge in [-0.3, -0.25) is 0 Å². The molecule has 1 rings (SSSR count). The Morgan fingerprint density at radius 1 is 1.24 bits per heavy atom. The molecule has 0 bridgehead atoms. The van der Waals surface area contributed by atoms with Gasteiger partial charge in [0.2, 0.25) is 6.29 Å². The van der Waals surface area contributed by atoms with E-state index in [0.717, 1.165) is 23.5 Å². The molecule has 98 valence electrons. The second-order valence-electron chi connectivity index (χ2n) is 3.79. The minimum atomic E-state index is -0.400. The molecule has 1 aromatic heterocycles. The maximum absolute atomic E-state index is 5.65. The van der Waals surface area contributed by atoms with Crippen LogP contribution in [0.25, 0.3) is 0 Å². The molecule has 0 aromatic carbocycles. The molecule has 0 atom stereocenters. The Morgan fingerprint density at radius 3 is 2.24 bits per heavy atom. The number of nitrogens with zero attached hydrogens (tertiary/aromatic N) is 1. The van der Waals surface area contributed by atoms with E-state index in [9.17, 15) is 0 Å². The summed E-state index contributed by atoms with van der Waals surface area (Å²) in [6.45, 7) is 4.22. The molecule has 0 unspecified atom stereocenters. The topological polar surface area (TPSA) is 40.6 Å². The van der Waals surface area contributed by atoms with Crippen LogP contribution >= 0.6 is 11.3 Å². The van der Waals surface area contributed by atoms with Gasteiger partial charge in [-0.25, -0.2) is 4.98 Å². The summed E-state index contributed by atoms with van der Waals surface area (Å²) in [7, 11) is 4.95. The number of methoxy groups -OCH3 is 3. The van der Waals surface area contributed by atoms with E-state index in [-0.39, 0.29) is 5.60 Å². The van der Waals surface area contributed by atoms with Gasteiger partial charge in [-0.05, 0) is 12.8 Å². The molecule has 0 saturated heterocycles. The Morgan fingerprint density at radius 2 is 1.82 bits per heavy atom. The van der Waals surface area contributed by atoms with E-state index < -0.39 is 6.29 Å². The molecule has 0 radical (unpaired) electrons. The molecular formula is C12H21NO3S. The first-order valence-corrected chi connectivity index (χ1v) is 6.62. The van der Waals surface area contributed by atoms with E-state index in [0.29, 0.717) is 0 Å². The first-order chi connectivity index (χ1) is 8.17. The van der Waals surface area contributed by atoms with Gasteiger partial charge in [-0.15, -0.1) is 11.3 Å². The fraction of sp³-hybridized carbons (Fsp3) is 0.750. The molecule has 0 amide bonds. The highest BCUT2D eigenvalue weighted by atomic mass is 32.1. The number of thiazole rings is 1. The lowest BCUT2D eigenvalue weighted by Crippen LogP contribution is -2.26. The minimum Gasteiger partial charge on any atom is -0.371 e. The third-order valence-corrected chi connectivity index (χ3v) is 4.16. The molecule has 1 heterocycles. The fourth-order valence-electron chi connectivity index (χ4n) is 1.87. The summed E-state index contributed by atoms with van der Waals surface area (Å²) < 4.78 is 16.0. The molecule has 0 aliphatic heterocycles. The summed E-state index contributed by atoms with van der Waals surface area (Å²) in [5, 5.41) is 2.95. The lowest BCUT2D eigenvalue weighted by Gasteiger charge is -2.27. The Kier molecular flexibility index (Phi) is 5.52. The standard InChI is InChI=1S/C12H21NO3S/c1-6-12(7-2,16-5)11-13-9(8-17-11)10(14-3)15-4/h8,10H,6-7H2,1-5H3. The highest BCUT2D eigenvalue weighted by Gasteiger charge is 2.32. The summed E-state index contributed by atoms with van der Waals surface area (Å²) in [5.74, 6) is 0. The van der Waals surface area contributed by atoms with Crippen LogP contribution in [0.3, 0.4) is 0 Å². The Bertz CT molecular complexity index is 324. The predicted octanol–water partition coefficient (Wildman–Crippen LogP) is 3.10. The zero-order valence-corrected chi connectivity index (χ0v) is 12.0. The summed E-state index contributed by atoms with van der Waals surface area (Å²) in [5.41, 5.74) is 0.521. The van der Waals surface area contributed by atoms with Crippen molar-refractivity contribution in [3.05, 3.63) is 16.1 Å². The maximum Gasteiger partial charge on any atom is 0.201 e. The summed E-state index contributed by atoms with van der Waals surface area (Å²) in [4.78, 5) is 4.58. The smallest absolute Gasteiger partial charge is 0.201 e. The molecule has 17 heavy (non-hydrogen) atoms. The van der Waals surface area contributed by atoms with Crippen molar-refractivity contribution in [1.29, 1.82) is 0 Å². The lowest BCUT2D eigenvalue weighted by atomic mass is 9.98. The largest absolute Gasteiger partial charge is 0.371 e. The molecular weight excluding hydrogens is 238 g/mol. The van der Waals surface area contributed by atoms with Gasteiger partial charge in [0, 0.05) is 26.7 Å². The lowest BCUT2D eigenvalue weighted by molar-refractivity contribution is -0.108. The van der Waals surface area contributed by atoms with Crippen molar-refractivity contribution in [1.82, 2.24) is 4.98 Å². The second-order valence-corrected chi connectivity index (χ2v) is 4.64. The summed E-state index contributed by atoms with van der Waals surface area (Å²) in [6, 6.07) is 0. The van der Waals surface area contributed by atoms with Gasteiger partial charge in [0.15, 0.2) is 0 Å². The van der Waals surface area contributed by atoms with Crippen LogP contribution in [0.5, 0.6) is 0 Å². The van der Waals surface area contributed by atoms with Crippen LogP contribution in [0, 0.1) is 0 Å². The molecule has 1 aromatic rings. The monoisotopic (exact) mass is 259 g/mol. The van der Waals surface area contributed by atoms with Gasteiger partial charge in [-0.1, -0.05) is 13.8 Å². The van der Waals surface area contributed by atoms with E-state index in [1.165, 1.54) is 0 Å². The molecule has 0 aliphatic rings. The first kappa shape index (κ1) is 14.6. The Balaban J connectivity index is 3.00. The normalized spacial score (nSPS) is 12.4. The maximum atomic E-state index is 5.65. The number of aromatic nitrogens is 1. The average Bonchev–Trinajstić information content (AvgIpc) is 2.84. The number of hydrogen-bond acceptors (Lipinski definition) is 5. The first-order valence-electron chi connectivity index (χ1n) is 5.74. The molecule has 0 aliphatic carbocycles. The van der Waals surface area contributed by atoms with Crippen LogP contribution in [0.15, 0.2) is 5.38 Å². The zero-order chi connectivity index (χ0) is 12.9. The summed E-state index contributed by atoms with van der Waals surface area (Å²) >= 11 is 1.59.